The number of carbonyl (C=O) groups excluding carboxylic acids is 2. The summed E-state index contributed by atoms with van der Waals surface area (Å²) in [7, 11) is 0. The van der Waals surface area contributed by atoms with Crippen LogP contribution < -0.4 is 15.4 Å². The number of benzene rings is 1. The highest BCUT2D eigenvalue weighted by molar-refractivity contribution is 6.30. The quantitative estimate of drug-likeness (QED) is 0.726. The summed E-state index contributed by atoms with van der Waals surface area (Å²) in [6.45, 7) is 2.21. The second-order valence-electron chi connectivity index (χ2n) is 7.99. The second kappa shape index (κ2) is 7.30. The lowest BCUT2D eigenvalue weighted by Crippen LogP contribution is -2.78. The van der Waals surface area contributed by atoms with Gasteiger partial charge in [-0.2, -0.15) is 0 Å². The van der Waals surface area contributed by atoms with E-state index in [9.17, 15) is 14.0 Å². The highest BCUT2D eigenvalue weighted by atomic mass is 35.5. The number of carbonyl (C=O) groups is 2. The van der Waals surface area contributed by atoms with Gasteiger partial charge < -0.3 is 15.4 Å². The maximum absolute atomic E-state index is 13.4. The molecule has 2 aromatic rings. The van der Waals surface area contributed by atoms with E-state index in [1.165, 1.54) is 12.1 Å². The van der Waals surface area contributed by atoms with Gasteiger partial charge >= 0.3 is 0 Å². The van der Waals surface area contributed by atoms with Crippen molar-refractivity contribution in [2.24, 2.45) is 5.41 Å². The number of pyridine rings is 1. The van der Waals surface area contributed by atoms with E-state index in [1.54, 1.807) is 12.4 Å². The molecule has 8 heteroatoms. The molecule has 0 saturated heterocycles. The molecule has 0 atom stereocenters. The van der Waals surface area contributed by atoms with Gasteiger partial charge in [-0.25, -0.2) is 4.39 Å². The summed E-state index contributed by atoms with van der Waals surface area (Å²) in [6, 6.07) is 5.93. The number of hydrogen-bond donors (Lipinski definition) is 2. The SMILES string of the molecule is Cc1ccncc1CNC(=O)C12CC(NC(=O)COc3ccc(Cl)c(F)c3)(C1)C2. The van der Waals surface area contributed by atoms with E-state index in [4.69, 9.17) is 16.3 Å². The van der Waals surface area contributed by atoms with E-state index in [0.29, 0.717) is 25.8 Å². The maximum atomic E-state index is 13.4. The summed E-state index contributed by atoms with van der Waals surface area (Å²) in [4.78, 5) is 28.8. The third-order valence-electron chi connectivity index (χ3n) is 5.76. The fourth-order valence-corrected chi connectivity index (χ4v) is 4.37. The number of aryl methyl sites for hydroxylation is 1. The van der Waals surface area contributed by atoms with E-state index >= 15 is 0 Å². The van der Waals surface area contributed by atoms with E-state index in [-0.39, 0.29) is 40.1 Å². The van der Waals surface area contributed by atoms with Gasteiger partial charge in [0.2, 0.25) is 5.91 Å². The Hall–Kier alpha value is -2.67. The topological polar surface area (TPSA) is 80.3 Å². The first-order valence-corrected chi connectivity index (χ1v) is 9.75. The zero-order chi connectivity index (χ0) is 20.6. The van der Waals surface area contributed by atoms with Crippen LogP contribution in [-0.4, -0.2) is 28.9 Å². The molecule has 0 spiro atoms. The maximum Gasteiger partial charge on any atom is 0.258 e. The fourth-order valence-electron chi connectivity index (χ4n) is 4.25. The predicted molar refractivity (Wildman–Crippen MR) is 105 cm³/mol. The highest BCUT2D eigenvalue weighted by Crippen LogP contribution is 2.67. The molecule has 1 heterocycles. The summed E-state index contributed by atoms with van der Waals surface area (Å²) in [5.41, 5.74) is 1.37. The molecule has 0 radical (unpaired) electrons. The van der Waals surface area contributed by atoms with Crippen LogP contribution in [0.2, 0.25) is 5.02 Å². The van der Waals surface area contributed by atoms with Crippen molar-refractivity contribution in [3.63, 3.8) is 0 Å². The van der Waals surface area contributed by atoms with Gasteiger partial charge in [0.05, 0.1) is 10.4 Å². The van der Waals surface area contributed by atoms with Gasteiger partial charge in [-0.1, -0.05) is 11.6 Å². The first-order valence-electron chi connectivity index (χ1n) is 9.38. The Morgan fingerprint density at radius 3 is 2.72 bits per heavy atom. The first-order chi connectivity index (χ1) is 13.8. The van der Waals surface area contributed by atoms with E-state index in [1.807, 2.05) is 13.0 Å². The number of rotatable bonds is 7. The molecule has 5 rings (SSSR count). The molecule has 1 aromatic heterocycles. The molecule has 3 aliphatic rings. The second-order valence-corrected chi connectivity index (χ2v) is 8.40. The van der Waals surface area contributed by atoms with Gasteiger partial charge in [-0.05, 0) is 55.5 Å². The van der Waals surface area contributed by atoms with Crippen LogP contribution in [0, 0.1) is 18.2 Å². The molecular weight excluding hydrogens is 397 g/mol. The fraction of sp³-hybridized carbons (Fsp3) is 0.381. The molecule has 2 bridgehead atoms. The monoisotopic (exact) mass is 417 g/mol. The summed E-state index contributed by atoms with van der Waals surface area (Å²) in [6.07, 6.45) is 5.35. The Bertz CT molecular complexity index is 962. The average molecular weight is 418 g/mol. The minimum absolute atomic E-state index is 0.00192. The predicted octanol–water partition coefficient (Wildman–Crippen LogP) is 2.92. The summed E-state index contributed by atoms with van der Waals surface area (Å²) in [5.74, 6) is -0.635. The summed E-state index contributed by atoms with van der Waals surface area (Å²) in [5, 5.41) is 5.93. The van der Waals surface area contributed by atoms with Gasteiger partial charge in [0.25, 0.3) is 5.91 Å². The van der Waals surface area contributed by atoms with Crippen LogP contribution in [0.1, 0.15) is 30.4 Å². The van der Waals surface area contributed by atoms with Crippen LogP contribution in [-0.2, 0) is 16.1 Å². The number of ether oxygens (including phenoxy) is 1. The number of aromatic nitrogens is 1. The molecule has 3 fully saturated rings. The molecule has 3 saturated carbocycles. The van der Waals surface area contributed by atoms with Gasteiger partial charge in [0.15, 0.2) is 6.61 Å². The molecule has 2 amide bonds. The molecule has 29 heavy (non-hydrogen) atoms. The van der Waals surface area contributed by atoms with Crippen molar-refractivity contribution < 1.29 is 18.7 Å². The van der Waals surface area contributed by atoms with E-state index in [2.05, 4.69) is 15.6 Å². The Labute approximate surface area is 172 Å². The van der Waals surface area contributed by atoms with E-state index < -0.39 is 5.82 Å². The van der Waals surface area contributed by atoms with Gasteiger partial charge in [-0.3, -0.25) is 14.6 Å². The smallest absolute Gasteiger partial charge is 0.258 e. The zero-order valence-electron chi connectivity index (χ0n) is 15.9. The van der Waals surface area contributed by atoms with Crippen molar-refractivity contribution in [3.8, 4) is 5.75 Å². The standard InChI is InChI=1S/C21H21ClFN3O3/c1-13-4-5-24-7-14(13)8-25-19(28)20-10-21(11-20,12-20)26-18(27)9-29-15-2-3-16(22)17(23)6-15/h2-7H,8-12H2,1H3,(H,25,28)(H,26,27). The number of hydrogen-bond acceptors (Lipinski definition) is 4. The van der Waals surface area contributed by atoms with Crippen molar-refractivity contribution in [2.75, 3.05) is 6.61 Å². The molecule has 3 aliphatic carbocycles. The lowest BCUT2D eigenvalue weighted by atomic mass is 9.39. The number of nitrogens with zero attached hydrogens (tertiary/aromatic N) is 1. The lowest BCUT2D eigenvalue weighted by Gasteiger charge is -2.69. The Kier molecular flexibility index (Phi) is 4.94. The average Bonchev–Trinajstić information content (AvgIpc) is 2.63. The third-order valence-corrected chi connectivity index (χ3v) is 6.07. The molecular formula is C21H21ClFN3O3. The number of nitrogens with one attached hydrogen (secondary N) is 2. The largest absolute Gasteiger partial charge is 0.484 e. The van der Waals surface area contributed by atoms with Gasteiger partial charge in [0, 0.05) is 30.5 Å². The third kappa shape index (κ3) is 3.79. The minimum atomic E-state index is -0.599. The Morgan fingerprint density at radius 1 is 1.28 bits per heavy atom. The van der Waals surface area contributed by atoms with E-state index in [0.717, 1.165) is 17.2 Å². The Morgan fingerprint density at radius 2 is 2.03 bits per heavy atom. The molecule has 2 N–H and O–H groups in total. The van der Waals surface area contributed by atoms with Crippen LogP contribution in [0.5, 0.6) is 5.75 Å². The van der Waals surface area contributed by atoms with Crippen LogP contribution in [0.3, 0.4) is 0 Å². The minimum Gasteiger partial charge on any atom is -0.484 e. The molecule has 0 aliphatic heterocycles. The molecule has 1 aromatic carbocycles. The van der Waals surface area contributed by atoms with Crippen molar-refractivity contribution in [3.05, 3.63) is 58.6 Å². The molecule has 152 valence electrons. The molecule has 0 unspecified atom stereocenters. The summed E-state index contributed by atoms with van der Waals surface area (Å²) >= 11 is 5.62. The van der Waals surface area contributed by atoms with Crippen molar-refractivity contribution in [1.82, 2.24) is 15.6 Å². The normalized spacial score (nSPS) is 24.1. The lowest BCUT2D eigenvalue weighted by molar-refractivity contribution is -0.184. The van der Waals surface area contributed by atoms with Crippen LogP contribution in [0.25, 0.3) is 0 Å². The van der Waals surface area contributed by atoms with Gasteiger partial charge in [0.1, 0.15) is 11.6 Å². The molecule has 6 nitrogen and oxygen atoms in total. The number of halogens is 2. The van der Waals surface area contributed by atoms with Crippen LogP contribution in [0.4, 0.5) is 4.39 Å². The van der Waals surface area contributed by atoms with Crippen LogP contribution >= 0.6 is 11.6 Å². The zero-order valence-corrected chi connectivity index (χ0v) is 16.7. The first kappa shape index (κ1) is 19.6. The summed E-state index contributed by atoms with van der Waals surface area (Å²) < 4.78 is 18.7. The van der Waals surface area contributed by atoms with Crippen molar-refractivity contribution in [2.45, 2.75) is 38.3 Å². The van der Waals surface area contributed by atoms with Crippen molar-refractivity contribution in [1.29, 1.82) is 0 Å². The van der Waals surface area contributed by atoms with Gasteiger partial charge in [-0.15, -0.1) is 0 Å². The Balaban J connectivity index is 1.22. The number of amides is 2. The van der Waals surface area contributed by atoms with Crippen molar-refractivity contribution >= 4 is 23.4 Å². The van der Waals surface area contributed by atoms with Crippen LogP contribution in [0.15, 0.2) is 36.7 Å². The highest BCUT2D eigenvalue weighted by Gasteiger charge is 2.72.